The number of hydrogen-bond donors (Lipinski definition) is 1. The third-order valence-corrected chi connectivity index (χ3v) is 5.54. The second-order valence-electron chi connectivity index (χ2n) is 6.96. The van der Waals surface area contributed by atoms with Gasteiger partial charge in [-0.3, -0.25) is 4.79 Å². The smallest absolute Gasteiger partial charge is 0.248 e. The molecule has 2 saturated heterocycles. The molecule has 2 aliphatic heterocycles. The summed E-state index contributed by atoms with van der Waals surface area (Å²) in [7, 11) is 0. The summed E-state index contributed by atoms with van der Waals surface area (Å²) in [6.45, 7) is 3.30. The third kappa shape index (κ3) is 3.98. The van der Waals surface area contributed by atoms with E-state index in [1.807, 2.05) is 0 Å². The summed E-state index contributed by atoms with van der Waals surface area (Å²) in [6, 6.07) is 0.509. The quantitative estimate of drug-likeness (QED) is 0.865. The van der Waals surface area contributed by atoms with Crippen molar-refractivity contribution in [2.24, 2.45) is 5.92 Å². The maximum atomic E-state index is 12.5. The van der Waals surface area contributed by atoms with Crippen LogP contribution in [0, 0.1) is 5.92 Å². The molecular formula is C17H30N2O2. The van der Waals surface area contributed by atoms with Crippen LogP contribution in [0.3, 0.4) is 0 Å². The Bertz CT molecular complexity index is 336. The highest BCUT2D eigenvalue weighted by Gasteiger charge is 2.35. The zero-order valence-corrected chi connectivity index (χ0v) is 13.2. The number of carbonyl (C=O) groups is 1. The molecular weight excluding hydrogens is 264 g/mol. The molecule has 0 aromatic carbocycles. The Morgan fingerprint density at radius 3 is 2.52 bits per heavy atom. The second-order valence-corrected chi connectivity index (χ2v) is 6.96. The molecule has 3 rings (SSSR count). The van der Waals surface area contributed by atoms with Crippen LogP contribution in [0.4, 0.5) is 0 Å². The van der Waals surface area contributed by atoms with Gasteiger partial charge in [-0.05, 0) is 57.5 Å². The average molecular weight is 294 g/mol. The molecule has 120 valence electrons. The summed E-state index contributed by atoms with van der Waals surface area (Å²) >= 11 is 0. The zero-order valence-electron chi connectivity index (χ0n) is 13.2. The van der Waals surface area contributed by atoms with Gasteiger partial charge in [0.2, 0.25) is 5.91 Å². The number of nitrogens with zero attached hydrogens (tertiary/aromatic N) is 1. The van der Waals surface area contributed by atoms with Gasteiger partial charge in [0.05, 0.1) is 6.10 Å². The van der Waals surface area contributed by atoms with Crippen LogP contribution in [0.5, 0.6) is 0 Å². The number of likely N-dealkylation sites (tertiary alicyclic amines) is 1. The number of amides is 1. The van der Waals surface area contributed by atoms with Gasteiger partial charge in [-0.2, -0.15) is 0 Å². The Morgan fingerprint density at radius 2 is 1.76 bits per heavy atom. The highest BCUT2D eigenvalue weighted by Crippen LogP contribution is 2.34. The first-order valence-electron chi connectivity index (χ1n) is 8.96. The van der Waals surface area contributed by atoms with Crippen LogP contribution in [-0.4, -0.2) is 49.2 Å². The SMILES string of the molecule is O=C(COC1CCNCC1)N1CCCC1C1CCCCC1. The van der Waals surface area contributed by atoms with Crippen LogP contribution in [0.25, 0.3) is 0 Å². The summed E-state index contributed by atoms with van der Waals surface area (Å²) in [6.07, 6.45) is 11.5. The van der Waals surface area contributed by atoms with Crippen molar-refractivity contribution in [1.29, 1.82) is 0 Å². The Hall–Kier alpha value is -0.610. The van der Waals surface area contributed by atoms with Gasteiger partial charge in [0, 0.05) is 12.6 Å². The summed E-state index contributed by atoms with van der Waals surface area (Å²) in [5.74, 6) is 0.991. The van der Waals surface area contributed by atoms with E-state index in [0.717, 1.165) is 38.4 Å². The fraction of sp³-hybridized carbons (Fsp3) is 0.941. The van der Waals surface area contributed by atoms with E-state index < -0.39 is 0 Å². The van der Waals surface area contributed by atoms with Crippen molar-refractivity contribution in [3.05, 3.63) is 0 Å². The van der Waals surface area contributed by atoms with Crippen molar-refractivity contribution in [3.63, 3.8) is 0 Å². The van der Waals surface area contributed by atoms with E-state index in [4.69, 9.17) is 4.74 Å². The highest BCUT2D eigenvalue weighted by molar-refractivity contribution is 5.78. The lowest BCUT2D eigenvalue weighted by Crippen LogP contribution is -2.43. The molecule has 0 bridgehead atoms. The minimum absolute atomic E-state index is 0.238. The minimum Gasteiger partial charge on any atom is -0.368 e. The van der Waals surface area contributed by atoms with E-state index in [9.17, 15) is 4.79 Å². The van der Waals surface area contributed by atoms with Crippen molar-refractivity contribution in [1.82, 2.24) is 10.2 Å². The van der Waals surface area contributed by atoms with Gasteiger partial charge >= 0.3 is 0 Å². The molecule has 4 heteroatoms. The number of piperidine rings is 1. The lowest BCUT2D eigenvalue weighted by molar-refractivity contribution is -0.140. The monoisotopic (exact) mass is 294 g/mol. The molecule has 0 spiro atoms. The molecule has 2 heterocycles. The van der Waals surface area contributed by atoms with E-state index in [1.165, 1.54) is 44.9 Å². The molecule has 1 amide bonds. The predicted molar refractivity (Wildman–Crippen MR) is 83.2 cm³/mol. The molecule has 1 aliphatic carbocycles. The summed E-state index contributed by atoms with van der Waals surface area (Å²) in [4.78, 5) is 14.7. The second kappa shape index (κ2) is 7.59. The van der Waals surface area contributed by atoms with Crippen LogP contribution < -0.4 is 5.32 Å². The Kier molecular flexibility index (Phi) is 5.53. The first-order chi connectivity index (χ1) is 10.3. The minimum atomic E-state index is 0.238. The lowest BCUT2D eigenvalue weighted by atomic mass is 9.83. The molecule has 0 aromatic rings. The standard InChI is InChI=1S/C17H30N2O2/c20-17(13-21-15-8-10-18-11-9-15)19-12-4-7-16(19)14-5-2-1-3-6-14/h14-16,18H,1-13H2. The van der Waals surface area contributed by atoms with E-state index in [2.05, 4.69) is 10.2 Å². The maximum absolute atomic E-state index is 12.5. The van der Waals surface area contributed by atoms with Gasteiger partial charge < -0.3 is 15.0 Å². The van der Waals surface area contributed by atoms with Gasteiger partial charge in [0.1, 0.15) is 6.61 Å². The number of rotatable bonds is 4. The van der Waals surface area contributed by atoms with Gasteiger partial charge in [0.15, 0.2) is 0 Å². The molecule has 4 nitrogen and oxygen atoms in total. The number of nitrogens with one attached hydrogen (secondary N) is 1. The number of carbonyl (C=O) groups excluding carboxylic acids is 1. The third-order valence-electron chi connectivity index (χ3n) is 5.54. The van der Waals surface area contributed by atoms with Crippen molar-refractivity contribution >= 4 is 5.91 Å². The molecule has 21 heavy (non-hydrogen) atoms. The van der Waals surface area contributed by atoms with E-state index in [-0.39, 0.29) is 12.0 Å². The molecule has 3 fully saturated rings. The van der Waals surface area contributed by atoms with Crippen LogP contribution in [0.1, 0.15) is 57.8 Å². The van der Waals surface area contributed by atoms with Gasteiger partial charge in [-0.1, -0.05) is 19.3 Å². The van der Waals surface area contributed by atoms with Crippen molar-refractivity contribution in [2.75, 3.05) is 26.2 Å². The molecule has 1 N–H and O–H groups in total. The zero-order chi connectivity index (χ0) is 14.5. The normalized spacial score (nSPS) is 29.0. The van der Waals surface area contributed by atoms with Crippen molar-refractivity contribution in [2.45, 2.75) is 69.9 Å². The topological polar surface area (TPSA) is 41.6 Å². The van der Waals surface area contributed by atoms with Crippen LogP contribution in [0.15, 0.2) is 0 Å². The van der Waals surface area contributed by atoms with Gasteiger partial charge in [-0.25, -0.2) is 0 Å². The highest BCUT2D eigenvalue weighted by atomic mass is 16.5. The van der Waals surface area contributed by atoms with Crippen molar-refractivity contribution < 1.29 is 9.53 Å². The van der Waals surface area contributed by atoms with E-state index in [1.54, 1.807) is 0 Å². The van der Waals surface area contributed by atoms with Crippen molar-refractivity contribution in [3.8, 4) is 0 Å². The Morgan fingerprint density at radius 1 is 1.00 bits per heavy atom. The largest absolute Gasteiger partial charge is 0.368 e. The maximum Gasteiger partial charge on any atom is 0.248 e. The van der Waals surface area contributed by atoms with E-state index >= 15 is 0 Å². The molecule has 1 atom stereocenters. The lowest BCUT2D eigenvalue weighted by Gasteiger charge is -2.34. The predicted octanol–water partition coefficient (Wildman–Crippen LogP) is 2.33. The van der Waals surface area contributed by atoms with Crippen LogP contribution in [-0.2, 0) is 9.53 Å². The fourth-order valence-electron chi connectivity index (χ4n) is 4.35. The molecule has 1 saturated carbocycles. The first kappa shape index (κ1) is 15.3. The molecule has 0 aromatic heterocycles. The Labute approximate surface area is 128 Å². The summed E-state index contributed by atoms with van der Waals surface area (Å²) in [5, 5.41) is 3.33. The molecule has 1 unspecified atom stereocenters. The van der Waals surface area contributed by atoms with Crippen LogP contribution in [0.2, 0.25) is 0 Å². The summed E-state index contributed by atoms with van der Waals surface area (Å²) < 4.78 is 5.86. The Balaban J connectivity index is 1.48. The van der Waals surface area contributed by atoms with E-state index in [0.29, 0.717) is 12.6 Å². The van der Waals surface area contributed by atoms with Gasteiger partial charge in [0.25, 0.3) is 0 Å². The summed E-state index contributed by atoms with van der Waals surface area (Å²) in [5.41, 5.74) is 0. The first-order valence-corrected chi connectivity index (χ1v) is 8.96. The molecule has 3 aliphatic rings. The fourth-order valence-corrected chi connectivity index (χ4v) is 4.35. The number of ether oxygens (including phenoxy) is 1. The molecule has 0 radical (unpaired) electrons. The number of hydrogen-bond acceptors (Lipinski definition) is 3. The van der Waals surface area contributed by atoms with Crippen LogP contribution >= 0.6 is 0 Å². The average Bonchev–Trinajstić information content (AvgIpc) is 3.04. The van der Waals surface area contributed by atoms with Gasteiger partial charge in [-0.15, -0.1) is 0 Å².